The minimum absolute atomic E-state index is 0.0132. The van der Waals surface area contributed by atoms with Crippen LogP contribution in [0.2, 0.25) is 0 Å². The smallest absolute Gasteiger partial charge is 0.257 e. The summed E-state index contributed by atoms with van der Waals surface area (Å²) in [6.07, 6.45) is 2.04. The third kappa shape index (κ3) is 3.92. The van der Waals surface area contributed by atoms with Crippen LogP contribution in [-0.2, 0) is 25.8 Å². The van der Waals surface area contributed by atoms with Crippen molar-refractivity contribution in [3.05, 3.63) is 63.0 Å². The maximum atomic E-state index is 13.0. The molecule has 2 heterocycles. The monoisotopic (exact) mass is 392 g/mol. The van der Waals surface area contributed by atoms with Crippen LogP contribution in [0.25, 0.3) is 11.3 Å². The second-order valence-corrected chi connectivity index (χ2v) is 6.61. The molecular formula is C22H24N4O3. The molecule has 0 fully saturated rings. The number of hydrogen-bond donors (Lipinski definition) is 0. The van der Waals surface area contributed by atoms with E-state index in [1.807, 2.05) is 20.8 Å². The van der Waals surface area contributed by atoms with Crippen LogP contribution in [0, 0.1) is 11.3 Å². The van der Waals surface area contributed by atoms with Crippen LogP contribution in [0.3, 0.4) is 0 Å². The van der Waals surface area contributed by atoms with E-state index in [4.69, 9.17) is 19.5 Å². The average Bonchev–Trinajstić information content (AvgIpc) is 3.22. The van der Waals surface area contributed by atoms with E-state index in [0.29, 0.717) is 42.2 Å². The summed E-state index contributed by atoms with van der Waals surface area (Å²) in [6, 6.07) is 9.08. The van der Waals surface area contributed by atoms with E-state index in [9.17, 15) is 4.79 Å². The molecule has 0 radical (unpaired) electrons. The minimum Gasteiger partial charge on any atom is -0.495 e. The zero-order valence-electron chi connectivity index (χ0n) is 17.2. The quantitative estimate of drug-likeness (QED) is 0.611. The number of aromatic nitrogens is 3. The summed E-state index contributed by atoms with van der Waals surface area (Å²) in [5.41, 5.74) is 3.44. The number of nitriles is 1. The maximum absolute atomic E-state index is 13.0. The lowest BCUT2D eigenvalue weighted by Crippen LogP contribution is -2.30. The van der Waals surface area contributed by atoms with Gasteiger partial charge in [-0.2, -0.15) is 5.26 Å². The van der Waals surface area contributed by atoms with Crippen LogP contribution in [-0.4, -0.2) is 21.8 Å². The van der Waals surface area contributed by atoms with E-state index >= 15 is 0 Å². The molecule has 0 bridgehead atoms. The van der Waals surface area contributed by atoms with E-state index in [2.05, 4.69) is 11.2 Å². The van der Waals surface area contributed by atoms with Gasteiger partial charge in [0.1, 0.15) is 23.3 Å². The highest BCUT2D eigenvalue weighted by Crippen LogP contribution is 2.27. The van der Waals surface area contributed by atoms with Crippen molar-refractivity contribution in [1.29, 1.82) is 5.26 Å². The molecule has 0 saturated heterocycles. The largest absolute Gasteiger partial charge is 0.495 e. The predicted octanol–water partition coefficient (Wildman–Crippen LogP) is 3.51. The number of nitrogens with zero attached hydrogens (tertiary/aromatic N) is 4. The first-order chi connectivity index (χ1) is 14.1. The lowest BCUT2D eigenvalue weighted by Gasteiger charge is -2.14. The van der Waals surface area contributed by atoms with Gasteiger partial charge in [-0.3, -0.25) is 9.36 Å². The zero-order chi connectivity index (χ0) is 21.0. The molecule has 3 aromatic rings. The Balaban J connectivity index is 1.97. The Morgan fingerprint density at radius 2 is 1.97 bits per heavy atom. The fourth-order valence-electron chi connectivity index (χ4n) is 3.39. The summed E-state index contributed by atoms with van der Waals surface area (Å²) in [4.78, 5) is 17.7. The van der Waals surface area contributed by atoms with Gasteiger partial charge in [0.2, 0.25) is 0 Å². The van der Waals surface area contributed by atoms with Gasteiger partial charge in [0.05, 0.1) is 24.9 Å². The number of ether oxygens (including phenoxy) is 1. The van der Waals surface area contributed by atoms with Crippen molar-refractivity contribution >= 4 is 0 Å². The van der Waals surface area contributed by atoms with Crippen LogP contribution < -0.4 is 10.3 Å². The summed E-state index contributed by atoms with van der Waals surface area (Å²) in [5.74, 6) is 1.76. The molecule has 0 spiro atoms. The first kappa shape index (κ1) is 20.3. The third-order valence-corrected chi connectivity index (χ3v) is 4.92. The molecule has 7 heteroatoms. The summed E-state index contributed by atoms with van der Waals surface area (Å²) < 4.78 is 12.4. The van der Waals surface area contributed by atoms with Crippen LogP contribution in [0.5, 0.6) is 5.75 Å². The molecule has 0 N–H and O–H groups in total. The number of aryl methyl sites for hydroxylation is 2. The fraction of sp³-hybridized carbons (Fsp3) is 0.364. The predicted molar refractivity (Wildman–Crippen MR) is 109 cm³/mol. The molecule has 2 aromatic heterocycles. The average molecular weight is 392 g/mol. The fourth-order valence-corrected chi connectivity index (χ4v) is 3.39. The molecule has 3 rings (SSSR count). The van der Waals surface area contributed by atoms with Gasteiger partial charge in [0.25, 0.3) is 5.56 Å². The van der Waals surface area contributed by atoms with Crippen molar-refractivity contribution in [3.63, 3.8) is 0 Å². The molecule has 0 aliphatic heterocycles. The topological polar surface area (TPSA) is 93.9 Å². The van der Waals surface area contributed by atoms with Crippen LogP contribution in [0.4, 0.5) is 0 Å². The zero-order valence-corrected chi connectivity index (χ0v) is 17.2. The molecule has 0 unspecified atom stereocenters. The number of hydrogen-bond acceptors (Lipinski definition) is 6. The third-order valence-electron chi connectivity index (χ3n) is 4.92. The molecule has 150 valence electrons. The molecule has 0 aliphatic carbocycles. The highest BCUT2D eigenvalue weighted by Gasteiger charge is 2.16. The summed E-state index contributed by atoms with van der Waals surface area (Å²) in [7, 11) is 1.52. The Labute approximate surface area is 169 Å². The van der Waals surface area contributed by atoms with Crippen molar-refractivity contribution in [2.75, 3.05) is 7.11 Å². The van der Waals surface area contributed by atoms with Gasteiger partial charge in [0, 0.05) is 23.6 Å². The Morgan fingerprint density at radius 3 is 2.59 bits per heavy atom. The van der Waals surface area contributed by atoms with Crippen molar-refractivity contribution in [2.45, 2.75) is 46.6 Å². The van der Waals surface area contributed by atoms with Crippen LogP contribution >= 0.6 is 0 Å². The normalized spacial score (nSPS) is 10.7. The lowest BCUT2D eigenvalue weighted by molar-refractivity contribution is 0.410. The van der Waals surface area contributed by atoms with Gasteiger partial charge in [0.15, 0.2) is 5.76 Å². The van der Waals surface area contributed by atoms with Crippen LogP contribution in [0.15, 0.2) is 33.6 Å². The molecular weight excluding hydrogens is 368 g/mol. The highest BCUT2D eigenvalue weighted by molar-refractivity contribution is 5.63. The number of rotatable bonds is 7. The summed E-state index contributed by atoms with van der Waals surface area (Å²) >= 11 is 0. The molecule has 0 atom stereocenters. The Hall–Kier alpha value is -3.40. The van der Waals surface area contributed by atoms with Gasteiger partial charge in [-0.1, -0.05) is 25.9 Å². The second-order valence-electron chi connectivity index (χ2n) is 6.61. The molecule has 29 heavy (non-hydrogen) atoms. The molecule has 0 saturated carbocycles. The van der Waals surface area contributed by atoms with Gasteiger partial charge in [-0.05, 0) is 31.0 Å². The van der Waals surface area contributed by atoms with Crippen molar-refractivity contribution in [2.24, 2.45) is 0 Å². The number of benzene rings is 1. The van der Waals surface area contributed by atoms with Gasteiger partial charge in [-0.25, -0.2) is 4.98 Å². The van der Waals surface area contributed by atoms with Crippen LogP contribution in [0.1, 0.15) is 49.1 Å². The van der Waals surface area contributed by atoms with Gasteiger partial charge in [-0.15, -0.1) is 0 Å². The highest BCUT2D eigenvalue weighted by atomic mass is 16.5. The standard InChI is InChI=1S/C22H24N4O3/c1-5-17-18(6-2)24-21(7-3)26(22(17)27)13-16-11-20(29-25-16)14-8-9-15(12-23)19(10-14)28-4/h8-11H,5-7,13H2,1-4H3. The Kier molecular flexibility index (Phi) is 6.13. The lowest BCUT2D eigenvalue weighted by atomic mass is 10.1. The van der Waals surface area contributed by atoms with E-state index in [1.54, 1.807) is 28.8 Å². The van der Waals surface area contributed by atoms with Gasteiger partial charge < -0.3 is 9.26 Å². The first-order valence-electron chi connectivity index (χ1n) is 9.71. The summed E-state index contributed by atoms with van der Waals surface area (Å²) in [6.45, 7) is 6.27. The van der Waals surface area contributed by atoms with Gasteiger partial charge >= 0.3 is 0 Å². The maximum Gasteiger partial charge on any atom is 0.257 e. The van der Waals surface area contributed by atoms with E-state index in [-0.39, 0.29) is 5.56 Å². The van der Waals surface area contributed by atoms with Crippen molar-refractivity contribution in [3.8, 4) is 23.1 Å². The summed E-state index contributed by atoms with van der Waals surface area (Å²) in [5, 5.41) is 13.3. The van der Waals surface area contributed by atoms with E-state index in [0.717, 1.165) is 29.1 Å². The Bertz CT molecular complexity index is 1120. The minimum atomic E-state index is -0.0132. The molecule has 1 aromatic carbocycles. The van der Waals surface area contributed by atoms with Crippen molar-refractivity contribution < 1.29 is 9.26 Å². The SMILES string of the molecule is CCc1nc(CC)n(Cc2cc(-c3ccc(C#N)c(OC)c3)on2)c(=O)c1CC. The Morgan fingerprint density at radius 1 is 1.17 bits per heavy atom. The molecule has 0 amide bonds. The van der Waals surface area contributed by atoms with Crippen molar-refractivity contribution in [1.82, 2.24) is 14.7 Å². The van der Waals surface area contributed by atoms with E-state index < -0.39 is 0 Å². The number of methoxy groups -OCH3 is 1. The van der Waals surface area contributed by atoms with E-state index in [1.165, 1.54) is 7.11 Å². The molecule has 7 nitrogen and oxygen atoms in total. The first-order valence-corrected chi connectivity index (χ1v) is 9.71. The second kappa shape index (κ2) is 8.74. The molecule has 0 aliphatic rings.